The Kier molecular flexibility index (Phi) is 9.53. The number of alkyl carbamates (subject to hydrolysis) is 1. The molecule has 0 radical (unpaired) electrons. The van der Waals surface area contributed by atoms with Crippen molar-refractivity contribution in [3.63, 3.8) is 0 Å². The van der Waals surface area contributed by atoms with Gasteiger partial charge >= 0.3 is 6.09 Å². The molecule has 0 atom stereocenters. The highest BCUT2D eigenvalue weighted by Crippen LogP contribution is 2.07. The Morgan fingerprint density at radius 2 is 1.52 bits per heavy atom. The second-order valence-corrected chi connectivity index (χ2v) is 7.46. The second kappa shape index (κ2) is 11.4. The highest BCUT2D eigenvalue weighted by Gasteiger charge is 2.22. The van der Waals surface area contributed by atoms with Crippen LogP contribution in [0, 0.1) is 0 Å². The molecule has 0 saturated heterocycles. The van der Waals surface area contributed by atoms with E-state index in [4.69, 9.17) is 4.74 Å². The van der Waals surface area contributed by atoms with Crippen LogP contribution in [-0.2, 0) is 19.1 Å². The maximum absolute atomic E-state index is 11.7. The van der Waals surface area contributed by atoms with Crippen molar-refractivity contribution < 1.29 is 23.9 Å². The zero-order chi connectivity index (χ0) is 20.3. The first-order valence-corrected chi connectivity index (χ1v) is 9.46. The third-order valence-electron chi connectivity index (χ3n) is 3.78. The fraction of sp³-hybridized carbons (Fsp3) is 0.684. The summed E-state index contributed by atoms with van der Waals surface area (Å²) < 4.78 is 5.12. The lowest BCUT2D eigenvalue weighted by Gasteiger charge is -2.19. The zero-order valence-corrected chi connectivity index (χ0v) is 16.5. The van der Waals surface area contributed by atoms with Crippen LogP contribution in [0.1, 0.15) is 59.3 Å². The van der Waals surface area contributed by atoms with Gasteiger partial charge in [0, 0.05) is 38.2 Å². The highest BCUT2D eigenvalue weighted by molar-refractivity contribution is 6.12. The molecule has 0 unspecified atom stereocenters. The summed E-state index contributed by atoms with van der Waals surface area (Å²) in [7, 11) is 0. The van der Waals surface area contributed by atoms with Crippen molar-refractivity contribution in [2.75, 3.05) is 19.6 Å². The number of nitrogens with zero attached hydrogens (tertiary/aromatic N) is 1. The lowest BCUT2D eigenvalue weighted by molar-refractivity contribution is -0.136. The number of hydrogen-bond donors (Lipinski definition) is 2. The van der Waals surface area contributed by atoms with Crippen LogP contribution < -0.4 is 10.6 Å². The number of rotatable bonds is 11. The summed E-state index contributed by atoms with van der Waals surface area (Å²) in [5, 5.41) is 5.51. The first-order chi connectivity index (χ1) is 12.7. The molecule has 0 fully saturated rings. The Bertz CT molecular complexity index is 548. The molecule has 1 heterocycles. The van der Waals surface area contributed by atoms with Gasteiger partial charge in [0.2, 0.25) is 5.91 Å². The molecule has 0 aromatic heterocycles. The zero-order valence-electron chi connectivity index (χ0n) is 16.5. The average molecular weight is 381 g/mol. The topological polar surface area (TPSA) is 105 Å². The van der Waals surface area contributed by atoms with Gasteiger partial charge in [0.15, 0.2) is 0 Å². The van der Waals surface area contributed by atoms with E-state index in [1.165, 1.54) is 17.1 Å². The Morgan fingerprint density at radius 3 is 2.15 bits per heavy atom. The van der Waals surface area contributed by atoms with Gasteiger partial charge in [0.05, 0.1) is 0 Å². The minimum atomic E-state index is -0.513. The van der Waals surface area contributed by atoms with Crippen molar-refractivity contribution >= 4 is 23.8 Å². The molecule has 1 rings (SSSR count). The number of unbranched alkanes of at least 4 members (excludes halogenated alkanes) is 3. The Morgan fingerprint density at radius 1 is 0.926 bits per heavy atom. The largest absolute Gasteiger partial charge is 0.444 e. The van der Waals surface area contributed by atoms with E-state index in [1.54, 1.807) is 20.8 Å². The summed E-state index contributed by atoms with van der Waals surface area (Å²) >= 11 is 0. The molecule has 0 aromatic carbocycles. The van der Waals surface area contributed by atoms with Gasteiger partial charge in [-0.05, 0) is 52.9 Å². The molecule has 27 heavy (non-hydrogen) atoms. The Balaban J connectivity index is 1.93. The van der Waals surface area contributed by atoms with Crippen molar-refractivity contribution in [2.24, 2.45) is 0 Å². The molecule has 152 valence electrons. The first-order valence-electron chi connectivity index (χ1n) is 9.46. The Labute approximate surface area is 160 Å². The van der Waals surface area contributed by atoms with Gasteiger partial charge in [-0.25, -0.2) is 4.79 Å². The van der Waals surface area contributed by atoms with Gasteiger partial charge in [-0.2, -0.15) is 0 Å². The van der Waals surface area contributed by atoms with E-state index in [9.17, 15) is 19.2 Å². The quantitative estimate of drug-likeness (QED) is 0.420. The summed E-state index contributed by atoms with van der Waals surface area (Å²) in [6, 6.07) is 0. The van der Waals surface area contributed by atoms with E-state index in [0.29, 0.717) is 38.9 Å². The average Bonchev–Trinajstić information content (AvgIpc) is 2.87. The number of carbonyl (C=O) groups is 4. The normalized spacial score (nSPS) is 13.8. The van der Waals surface area contributed by atoms with Crippen molar-refractivity contribution in [3.05, 3.63) is 12.2 Å². The fourth-order valence-corrected chi connectivity index (χ4v) is 2.45. The maximum atomic E-state index is 11.7. The van der Waals surface area contributed by atoms with E-state index in [2.05, 4.69) is 10.6 Å². The molecule has 1 aliphatic rings. The number of hydrogen-bond acceptors (Lipinski definition) is 5. The van der Waals surface area contributed by atoms with Gasteiger partial charge in [-0.15, -0.1) is 0 Å². The number of amides is 4. The molecule has 0 aliphatic carbocycles. The Hall–Kier alpha value is -2.38. The van der Waals surface area contributed by atoms with E-state index >= 15 is 0 Å². The summed E-state index contributed by atoms with van der Waals surface area (Å²) in [6.45, 7) is 6.89. The summed E-state index contributed by atoms with van der Waals surface area (Å²) in [6.07, 6.45) is 6.29. The van der Waals surface area contributed by atoms with Crippen molar-refractivity contribution in [3.8, 4) is 0 Å². The third kappa shape index (κ3) is 10.4. The number of imide groups is 1. The van der Waals surface area contributed by atoms with E-state index in [1.807, 2.05) is 0 Å². The molecule has 2 N–H and O–H groups in total. The lowest BCUT2D eigenvalue weighted by Crippen LogP contribution is -2.33. The van der Waals surface area contributed by atoms with Gasteiger partial charge in [0.1, 0.15) is 5.60 Å². The first kappa shape index (κ1) is 22.7. The molecule has 0 saturated carbocycles. The standard InChI is InChI=1S/C19H31N3O5/c1-19(2,3)27-18(26)21-13-7-5-9-15(23)20-12-6-4-8-14-22-16(24)10-11-17(22)25/h10-11H,4-9,12-14H2,1-3H3,(H,20,23)(H,21,26). The lowest BCUT2D eigenvalue weighted by atomic mass is 10.2. The molecular weight excluding hydrogens is 350 g/mol. The van der Waals surface area contributed by atoms with Crippen LogP contribution >= 0.6 is 0 Å². The predicted molar refractivity (Wildman–Crippen MR) is 101 cm³/mol. The molecule has 8 nitrogen and oxygen atoms in total. The molecule has 0 spiro atoms. The van der Waals surface area contributed by atoms with Crippen LogP contribution in [0.15, 0.2) is 12.2 Å². The van der Waals surface area contributed by atoms with Crippen LogP contribution in [0.2, 0.25) is 0 Å². The number of ether oxygens (including phenoxy) is 1. The van der Waals surface area contributed by atoms with Crippen LogP contribution in [0.4, 0.5) is 4.79 Å². The maximum Gasteiger partial charge on any atom is 0.407 e. The van der Waals surface area contributed by atoms with Gasteiger partial charge < -0.3 is 15.4 Å². The van der Waals surface area contributed by atoms with Crippen molar-refractivity contribution in [2.45, 2.75) is 64.9 Å². The van der Waals surface area contributed by atoms with Crippen LogP contribution in [0.5, 0.6) is 0 Å². The minimum absolute atomic E-state index is 0.0126. The number of carbonyl (C=O) groups excluding carboxylic acids is 4. The van der Waals surface area contributed by atoms with Gasteiger partial charge in [0.25, 0.3) is 11.8 Å². The summed E-state index contributed by atoms with van der Waals surface area (Å²) in [5.74, 6) is -0.523. The van der Waals surface area contributed by atoms with Gasteiger partial charge in [-0.3, -0.25) is 19.3 Å². The van der Waals surface area contributed by atoms with Crippen LogP contribution in [-0.4, -0.2) is 54.0 Å². The monoisotopic (exact) mass is 381 g/mol. The molecule has 1 aliphatic heterocycles. The SMILES string of the molecule is CC(C)(C)OC(=O)NCCCCC(=O)NCCCCCN1C(=O)C=CC1=O. The smallest absolute Gasteiger partial charge is 0.407 e. The van der Waals surface area contributed by atoms with E-state index < -0.39 is 11.7 Å². The van der Waals surface area contributed by atoms with Gasteiger partial charge in [-0.1, -0.05) is 0 Å². The van der Waals surface area contributed by atoms with E-state index in [0.717, 1.165) is 19.3 Å². The summed E-state index contributed by atoms with van der Waals surface area (Å²) in [4.78, 5) is 47.1. The van der Waals surface area contributed by atoms with Crippen molar-refractivity contribution in [1.29, 1.82) is 0 Å². The van der Waals surface area contributed by atoms with Crippen LogP contribution in [0.25, 0.3) is 0 Å². The van der Waals surface area contributed by atoms with Crippen LogP contribution in [0.3, 0.4) is 0 Å². The molecule has 8 heteroatoms. The molecule has 0 aromatic rings. The summed E-state index contributed by atoms with van der Waals surface area (Å²) in [5.41, 5.74) is -0.513. The fourth-order valence-electron chi connectivity index (χ4n) is 2.45. The molecule has 4 amide bonds. The van der Waals surface area contributed by atoms with E-state index in [-0.39, 0.29) is 17.7 Å². The molecular formula is C19H31N3O5. The minimum Gasteiger partial charge on any atom is -0.444 e. The molecule has 0 bridgehead atoms. The second-order valence-electron chi connectivity index (χ2n) is 7.46. The highest BCUT2D eigenvalue weighted by atomic mass is 16.6. The number of nitrogens with one attached hydrogen (secondary N) is 2. The predicted octanol–water partition coefficient (Wildman–Crippen LogP) is 1.89. The third-order valence-corrected chi connectivity index (χ3v) is 3.78. The van der Waals surface area contributed by atoms with Crippen molar-refractivity contribution in [1.82, 2.24) is 15.5 Å².